The third kappa shape index (κ3) is 4.93. The average Bonchev–Trinajstić information content (AvgIpc) is 2.39. The van der Waals surface area contributed by atoms with Gasteiger partial charge in [0.15, 0.2) is 0 Å². The first-order valence-corrected chi connectivity index (χ1v) is 8.46. The monoisotopic (exact) mass is 339 g/mol. The Morgan fingerprint density at radius 1 is 1.30 bits per heavy atom. The summed E-state index contributed by atoms with van der Waals surface area (Å²) in [7, 11) is 0. The van der Waals surface area contributed by atoms with Gasteiger partial charge in [-0.3, -0.25) is 4.79 Å². The molecule has 0 aliphatic carbocycles. The SMILES string of the molecule is CCC(C)C(C(=O)NC(C)(C)CCBr)c1ccccc1. The second kappa shape index (κ2) is 7.82. The molecule has 0 saturated carbocycles. The van der Waals surface area contributed by atoms with Gasteiger partial charge in [0.25, 0.3) is 0 Å². The van der Waals surface area contributed by atoms with Crippen molar-refractivity contribution in [2.24, 2.45) is 5.92 Å². The molecule has 0 aromatic heterocycles. The summed E-state index contributed by atoms with van der Waals surface area (Å²) in [6, 6.07) is 10.1. The summed E-state index contributed by atoms with van der Waals surface area (Å²) in [5.74, 6) is 0.393. The number of alkyl halides is 1. The van der Waals surface area contributed by atoms with E-state index in [1.165, 1.54) is 0 Å². The van der Waals surface area contributed by atoms with E-state index in [1.54, 1.807) is 0 Å². The normalized spacial score (nSPS) is 14.7. The number of carbonyl (C=O) groups excluding carboxylic acids is 1. The Kier molecular flexibility index (Phi) is 6.74. The summed E-state index contributed by atoms with van der Waals surface area (Å²) in [4.78, 5) is 12.7. The molecule has 0 saturated heterocycles. The Hall–Kier alpha value is -0.830. The average molecular weight is 340 g/mol. The lowest BCUT2D eigenvalue weighted by molar-refractivity contribution is -0.125. The van der Waals surface area contributed by atoms with Crippen molar-refractivity contribution in [3.05, 3.63) is 35.9 Å². The van der Waals surface area contributed by atoms with Crippen molar-refractivity contribution in [3.63, 3.8) is 0 Å². The highest BCUT2D eigenvalue weighted by atomic mass is 79.9. The molecule has 2 unspecified atom stereocenters. The standard InChI is InChI=1S/C17H26BrNO/c1-5-13(2)15(14-9-7-6-8-10-14)16(20)19-17(3,4)11-12-18/h6-10,13,15H,5,11-12H2,1-4H3,(H,19,20). The third-order valence-electron chi connectivity index (χ3n) is 3.84. The fraction of sp³-hybridized carbons (Fsp3) is 0.588. The minimum Gasteiger partial charge on any atom is -0.351 e. The van der Waals surface area contributed by atoms with Gasteiger partial charge in [-0.25, -0.2) is 0 Å². The van der Waals surface area contributed by atoms with E-state index < -0.39 is 0 Å². The molecule has 0 fully saturated rings. The van der Waals surface area contributed by atoms with E-state index >= 15 is 0 Å². The number of benzene rings is 1. The van der Waals surface area contributed by atoms with Crippen molar-refractivity contribution in [2.45, 2.75) is 52.0 Å². The molecule has 20 heavy (non-hydrogen) atoms. The molecule has 2 nitrogen and oxygen atoms in total. The molecule has 2 atom stereocenters. The van der Waals surface area contributed by atoms with Gasteiger partial charge in [0.05, 0.1) is 5.92 Å². The van der Waals surface area contributed by atoms with E-state index in [2.05, 4.69) is 48.9 Å². The third-order valence-corrected chi connectivity index (χ3v) is 4.23. The van der Waals surface area contributed by atoms with E-state index in [0.717, 1.165) is 23.7 Å². The summed E-state index contributed by atoms with van der Waals surface area (Å²) >= 11 is 3.45. The summed E-state index contributed by atoms with van der Waals surface area (Å²) < 4.78 is 0. The lowest BCUT2D eigenvalue weighted by atomic mass is 9.84. The maximum Gasteiger partial charge on any atom is 0.228 e. The number of amides is 1. The smallest absolute Gasteiger partial charge is 0.228 e. The highest BCUT2D eigenvalue weighted by Gasteiger charge is 2.29. The van der Waals surface area contributed by atoms with Crippen LogP contribution in [-0.4, -0.2) is 16.8 Å². The number of halogens is 1. The van der Waals surface area contributed by atoms with E-state index in [1.807, 2.05) is 30.3 Å². The summed E-state index contributed by atoms with van der Waals surface area (Å²) in [6.45, 7) is 8.43. The maximum atomic E-state index is 12.7. The van der Waals surface area contributed by atoms with Crippen LogP contribution in [0.15, 0.2) is 30.3 Å². The topological polar surface area (TPSA) is 29.1 Å². The molecule has 1 N–H and O–H groups in total. The first-order valence-electron chi connectivity index (χ1n) is 7.34. The molecule has 0 aliphatic rings. The zero-order valence-electron chi connectivity index (χ0n) is 12.9. The van der Waals surface area contributed by atoms with E-state index in [9.17, 15) is 4.79 Å². The number of hydrogen-bond donors (Lipinski definition) is 1. The molecule has 1 aromatic rings. The zero-order chi connectivity index (χ0) is 15.2. The fourth-order valence-corrected chi connectivity index (χ4v) is 3.34. The number of hydrogen-bond acceptors (Lipinski definition) is 1. The van der Waals surface area contributed by atoms with E-state index in [-0.39, 0.29) is 17.4 Å². The molecular weight excluding hydrogens is 314 g/mol. The van der Waals surface area contributed by atoms with Crippen molar-refractivity contribution >= 4 is 21.8 Å². The first-order chi connectivity index (χ1) is 9.41. The largest absolute Gasteiger partial charge is 0.351 e. The van der Waals surface area contributed by atoms with Gasteiger partial charge in [-0.1, -0.05) is 66.5 Å². The Morgan fingerprint density at radius 2 is 1.90 bits per heavy atom. The van der Waals surface area contributed by atoms with Crippen LogP contribution in [0.5, 0.6) is 0 Å². The minimum atomic E-state index is -0.179. The fourth-order valence-electron chi connectivity index (χ4n) is 2.34. The number of rotatable bonds is 7. The highest BCUT2D eigenvalue weighted by Crippen LogP contribution is 2.28. The molecule has 0 aliphatic heterocycles. The Balaban J connectivity index is 2.92. The number of nitrogens with one attached hydrogen (secondary N) is 1. The predicted octanol–water partition coefficient (Wildman–Crippen LogP) is 4.50. The molecule has 0 radical (unpaired) electrons. The summed E-state index contributed by atoms with van der Waals surface area (Å²) in [5, 5.41) is 4.09. The van der Waals surface area contributed by atoms with Crippen molar-refractivity contribution in [1.82, 2.24) is 5.32 Å². The van der Waals surface area contributed by atoms with Gasteiger partial charge in [0.2, 0.25) is 5.91 Å². The van der Waals surface area contributed by atoms with Gasteiger partial charge in [0, 0.05) is 10.9 Å². The van der Waals surface area contributed by atoms with E-state index in [4.69, 9.17) is 0 Å². The Morgan fingerprint density at radius 3 is 2.40 bits per heavy atom. The van der Waals surface area contributed by atoms with Gasteiger partial charge in [-0.2, -0.15) is 0 Å². The summed E-state index contributed by atoms with van der Waals surface area (Å²) in [5.41, 5.74) is 0.926. The van der Waals surface area contributed by atoms with Gasteiger partial charge in [0.1, 0.15) is 0 Å². The molecule has 0 spiro atoms. The van der Waals surface area contributed by atoms with Crippen molar-refractivity contribution in [1.29, 1.82) is 0 Å². The van der Waals surface area contributed by atoms with Crippen molar-refractivity contribution < 1.29 is 4.79 Å². The quantitative estimate of drug-likeness (QED) is 0.728. The van der Waals surface area contributed by atoms with Crippen molar-refractivity contribution in [3.8, 4) is 0 Å². The van der Waals surface area contributed by atoms with Gasteiger partial charge < -0.3 is 5.32 Å². The van der Waals surface area contributed by atoms with Crippen LogP contribution in [0.2, 0.25) is 0 Å². The molecule has 3 heteroatoms. The molecule has 1 amide bonds. The zero-order valence-corrected chi connectivity index (χ0v) is 14.5. The lowest BCUT2D eigenvalue weighted by Crippen LogP contribution is -2.46. The van der Waals surface area contributed by atoms with Crippen molar-refractivity contribution in [2.75, 3.05) is 5.33 Å². The van der Waals surface area contributed by atoms with Gasteiger partial charge in [-0.05, 0) is 31.7 Å². The highest BCUT2D eigenvalue weighted by molar-refractivity contribution is 9.09. The Labute approximate surface area is 131 Å². The van der Waals surface area contributed by atoms with Crippen LogP contribution in [0.4, 0.5) is 0 Å². The van der Waals surface area contributed by atoms with Crippen LogP contribution < -0.4 is 5.32 Å². The van der Waals surface area contributed by atoms with Gasteiger partial charge >= 0.3 is 0 Å². The summed E-state index contributed by atoms with van der Waals surface area (Å²) in [6.07, 6.45) is 1.91. The second-order valence-electron chi connectivity index (χ2n) is 6.09. The van der Waals surface area contributed by atoms with Crippen LogP contribution >= 0.6 is 15.9 Å². The second-order valence-corrected chi connectivity index (χ2v) is 6.88. The van der Waals surface area contributed by atoms with Crippen LogP contribution in [-0.2, 0) is 4.79 Å². The van der Waals surface area contributed by atoms with Crippen LogP contribution in [0.3, 0.4) is 0 Å². The molecule has 1 aromatic carbocycles. The first kappa shape index (κ1) is 17.2. The van der Waals surface area contributed by atoms with Crippen LogP contribution in [0.1, 0.15) is 52.0 Å². The molecule has 1 rings (SSSR count). The van der Waals surface area contributed by atoms with Gasteiger partial charge in [-0.15, -0.1) is 0 Å². The molecule has 112 valence electrons. The molecular formula is C17H26BrNO. The lowest BCUT2D eigenvalue weighted by Gasteiger charge is -2.30. The van der Waals surface area contributed by atoms with Crippen LogP contribution in [0, 0.1) is 5.92 Å². The minimum absolute atomic E-state index is 0.0733. The predicted molar refractivity (Wildman–Crippen MR) is 89.3 cm³/mol. The van der Waals surface area contributed by atoms with E-state index in [0.29, 0.717) is 5.92 Å². The maximum absolute atomic E-state index is 12.7. The Bertz CT molecular complexity index is 416. The molecule has 0 bridgehead atoms. The van der Waals surface area contributed by atoms with Crippen LogP contribution in [0.25, 0.3) is 0 Å². The number of carbonyl (C=O) groups is 1. The molecule has 0 heterocycles.